The summed E-state index contributed by atoms with van der Waals surface area (Å²) < 4.78 is 11.2. The number of hydrogen-bond acceptors (Lipinski definition) is 4. The Kier molecular flexibility index (Phi) is 8.05. The van der Waals surface area contributed by atoms with E-state index in [0.717, 1.165) is 24.2 Å². The van der Waals surface area contributed by atoms with Gasteiger partial charge >= 0.3 is 6.09 Å². The normalized spacial score (nSPS) is 17.1. The van der Waals surface area contributed by atoms with E-state index in [1.807, 2.05) is 58.9 Å². The molecule has 0 aliphatic carbocycles. The molecule has 0 unspecified atom stereocenters. The van der Waals surface area contributed by atoms with Crippen LogP contribution in [-0.4, -0.2) is 40.9 Å². The maximum absolute atomic E-state index is 12.2. The molecule has 1 N–H and O–H groups in total. The monoisotopic (exact) mass is 337 g/mol. The summed E-state index contributed by atoms with van der Waals surface area (Å²) in [4.78, 5) is 13.9. The second kappa shape index (κ2) is 9.52. The topological polar surface area (TPSA) is 59.0 Å². The van der Waals surface area contributed by atoms with Crippen LogP contribution in [0.1, 0.15) is 53.0 Å². The fourth-order valence-corrected chi connectivity index (χ4v) is 2.45. The van der Waals surface area contributed by atoms with Crippen molar-refractivity contribution < 1.29 is 19.4 Å². The lowest BCUT2D eigenvalue weighted by molar-refractivity contribution is 0.0187. The molecule has 24 heavy (non-hydrogen) atoms. The Morgan fingerprint density at radius 1 is 1.25 bits per heavy atom. The fraction of sp³-hybridized carbons (Fsp3) is 0.632. The zero-order chi connectivity index (χ0) is 18.2. The van der Waals surface area contributed by atoms with Crippen molar-refractivity contribution in [3.05, 3.63) is 29.8 Å². The Bertz CT molecular complexity index is 493. The van der Waals surface area contributed by atoms with Crippen LogP contribution in [0.3, 0.4) is 0 Å². The van der Waals surface area contributed by atoms with Gasteiger partial charge < -0.3 is 19.5 Å². The summed E-state index contributed by atoms with van der Waals surface area (Å²) in [5.41, 5.74) is 0.370. The molecule has 0 radical (unpaired) electrons. The smallest absolute Gasteiger partial charge is 0.410 e. The first-order valence-electron chi connectivity index (χ1n) is 8.71. The fourth-order valence-electron chi connectivity index (χ4n) is 2.45. The number of likely N-dealkylation sites (tertiary alicyclic amines) is 1. The molecule has 0 aromatic heterocycles. The predicted molar refractivity (Wildman–Crippen MR) is 95.2 cm³/mol. The largest absolute Gasteiger partial charge is 0.491 e. The van der Waals surface area contributed by atoms with Crippen molar-refractivity contribution in [1.29, 1.82) is 0 Å². The Morgan fingerprint density at radius 3 is 2.42 bits per heavy atom. The van der Waals surface area contributed by atoms with E-state index in [4.69, 9.17) is 14.6 Å². The molecule has 0 spiro atoms. The first kappa shape index (κ1) is 20.3. The minimum atomic E-state index is -0.481. The average molecular weight is 337 g/mol. The van der Waals surface area contributed by atoms with E-state index in [1.165, 1.54) is 0 Å². The highest BCUT2D eigenvalue weighted by atomic mass is 16.6. The van der Waals surface area contributed by atoms with Crippen LogP contribution in [0, 0.1) is 0 Å². The Morgan fingerprint density at radius 2 is 1.88 bits per heavy atom. The van der Waals surface area contributed by atoms with Crippen molar-refractivity contribution in [1.82, 2.24) is 4.90 Å². The molecule has 1 aromatic rings. The minimum absolute atomic E-state index is 0.0231. The van der Waals surface area contributed by atoms with E-state index in [9.17, 15) is 4.79 Å². The van der Waals surface area contributed by atoms with Gasteiger partial charge in [0.2, 0.25) is 0 Å². The molecule has 1 fully saturated rings. The van der Waals surface area contributed by atoms with Crippen molar-refractivity contribution in [3.63, 3.8) is 0 Å². The van der Waals surface area contributed by atoms with Gasteiger partial charge in [-0.3, -0.25) is 0 Å². The number of carbonyl (C=O) groups excluding carboxylic acids is 1. The van der Waals surface area contributed by atoms with E-state index in [2.05, 4.69) is 0 Å². The van der Waals surface area contributed by atoms with Crippen LogP contribution in [-0.2, 0) is 11.3 Å². The van der Waals surface area contributed by atoms with Crippen LogP contribution >= 0.6 is 0 Å². The number of rotatable bonds is 4. The zero-order valence-electron chi connectivity index (χ0n) is 15.5. The summed E-state index contributed by atoms with van der Waals surface area (Å²) in [6.07, 6.45) is 1.62. The summed E-state index contributed by atoms with van der Waals surface area (Å²) >= 11 is 0. The number of ether oxygens (including phenoxy) is 2. The molecule has 0 saturated carbocycles. The van der Waals surface area contributed by atoms with Gasteiger partial charge in [0.1, 0.15) is 18.0 Å². The van der Waals surface area contributed by atoms with Gasteiger partial charge in [-0.2, -0.15) is 0 Å². The molecule has 136 valence electrons. The molecule has 5 heteroatoms. The summed E-state index contributed by atoms with van der Waals surface area (Å²) in [7, 11) is 0. The number of aliphatic hydroxyl groups is 1. The maximum Gasteiger partial charge on any atom is 0.410 e. The van der Waals surface area contributed by atoms with Gasteiger partial charge in [-0.05, 0) is 51.3 Å². The molecule has 5 nitrogen and oxygen atoms in total. The summed E-state index contributed by atoms with van der Waals surface area (Å²) in [5.74, 6) is 0.744. The third-order valence-corrected chi connectivity index (χ3v) is 3.55. The number of benzene rings is 1. The molecule has 1 aliphatic rings. The quantitative estimate of drug-likeness (QED) is 0.903. The van der Waals surface area contributed by atoms with Gasteiger partial charge in [-0.15, -0.1) is 0 Å². The number of hydrogen-bond donors (Lipinski definition) is 1. The highest BCUT2D eigenvalue weighted by Crippen LogP contribution is 2.22. The lowest BCUT2D eigenvalue weighted by Gasteiger charge is -2.28. The highest BCUT2D eigenvalue weighted by molar-refractivity contribution is 5.69. The van der Waals surface area contributed by atoms with Crippen LogP contribution in [0.5, 0.6) is 5.75 Å². The highest BCUT2D eigenvalue weighted by Gasteiger charge is 2.32. The van der Waals surface area contributed by atoms with E-state index >= 15 is 0 Å². The maximum atomic E-state index is 12.2. The van der Waals surface area contributed by atoms with Crippen molar-refractivity contribution in [2.45, 2.75) is 65.7 Å². The van der Waals surface area contributed by atoms with Gasteiger partial charge in [0.05, 0.1) is 12.6 Å². The summed E-state index contributed by atoms with van der Waals surface area (Å²) in [6, 6.07) is 7.37. The van der Waals surface area contributed by atoms with Crippen LogP contribution in [0.2, 0.25) is 0 Å². The van der Waals surface area contributed by atoms with E-state index in [1.54, 1.807) is 4.90 Å². The third kappa shape index (κ3) is 6.40. The Hall–Kier alpha value is -1.75. The lowest BCUT2D eigenvalue weighted by Crippen LogP contribution is -2.42. The van der Waals surface area contributed by atoms with Crippen molar-refractivity contribution in [2.24, 2.45) is 0 Å². The molecule has 1 atom stereocenters. The van der Waals surface area contributed by atoms with E-state index < -0.39 is 5.60 Å². The first-order valence-corrected chi connectivity index (χ1v) is 8.71. The molecule has 1 heterocycles. The number of carbonyl (C=O) groups is 1. The van der Waals surface area contributed by atoms with Crippen LogP contribution in [0.15, 0.2) is 24.3 Å². The van der Waals surface area contributed by atoms with Crippen LogP contribution in [0.25, 0.3) is 0 Å². The predicted octanol–water partition coefficient (Wildman–Crippen LogP) is 3.98. The van der Waals surface area contributed by atoms with Gasteiger partial charge in [0, 0.05) is 6.54 Å². The first-order chi connectivity index (χ1) is 11.4. The molecule has 0 bridgehead atoms. The molecular formula is C19H31NO4. The van der Waals surface area contributed by atoms with Gasteiger partial charge in [0.15, 0.2) is 0 Å². The molecule has 1 saturated heterocycles. The average Bonchev–Trinajstić information content (AvgIpc) is 3.02. The summed E-state index contributed by atoms with van der Waals surface area (Å²) in [5, 5.41) is 9.02. The Labute approximate surface area is 145 Å². The molecule has 1 amide bonds. The number of amides is 1. The van der Waals surface area contributed by atoms with Crippen molar-refractivity contribution in [3.8, 4) is 5.75 Å². The standard InChI is InChI=1S/C17H25NO4.C2H6/c1-17(2,3)22-16(20)18-10-4-5-14(18)12-21-15-8-6-13(11-19)7-9-15;1-2/h6-9,14,19H,4-5,10-12H2,1-3H3;1-2H3/t14-;/m0./s1. The second-order valence-electron chi connectivity index (χ2n) is 6.58. The van der Waals surface area contributed by atoms with Crippen LogP contribution < -0.4 is 4.74 Å². The third-order valence-electron chi connectivity index (χ3n) is 3.55. The minimum Gasteiger partial charge on any atom is -0.491 e. The molecule has 1 aliphatic heterocycles. The van der Waals surface area contributed by atoms with Crippen molar-refractivity contribution in [2.75, 3.05) is 13.2 Å². The molecular weight excluding hydrogens is 306 g/mol. The van der Waals surface area contributed by atoms with Crippen LogP contribution in [0.4, 0.5) is 4.79 Å². The second-order valence-corrected chi connectivity index (χ2v) is 6.58. The van der Waals surface area contributed by atoms with E-state index in [-0.39, 0.29) is 18.7 Å². The Balaban J connectivity index is 0.00000139. The zero-order valence-corrected chi connectivity index (χ0v) is 15.5. The summed E-state index contributed by atoms with van der Waals surface area (Å²) in [6.45, 7) is 10.8. The van der Waals surface area contributed by atoms with Crippen molar-refractivity contribution >= 4 is 6.09 Å². The molecule has 1 aromatic carbocycles. The molecule has 2 rings (SSSR count). The van der Waals surface area contributed by atoms with Gasteiger partial charge in [-0.1, -0.05) is 26.0 Å². The van der Waals surface area contributed by atoms with E-state index in [0.29, 0.717) is 13.2 Å². The number of nitrogens with zero attached hydrogens (tertiary/aromatic N) is 1. The van der Waals surface area contributed by atoms with Gasteiger partial charge in [0.25, 0.3) is 0 Å². The van der Waals surface area contributed by atoms with Gasteiger partial charge in [-0.25, -0.2) is 4.79 Å². The number of aliphatic hydroxyl groups excluding tert-OH is 1. The SMILES string of the molecule is CC.CC(C)(C)OC(=O)N1CCC[C@H]1COc1ccc(CO)cc1. The lowest BCUT2D eigenvalue weighted by atomic mass is 10.2.